The third-order valence-electron chi connectivity index (χ3n) is 4.65. The topological polar surface area (TPSA) is 46.0 Å². The van der Waals surface area contributed by atoms with Crippen molar-refractivity contribution in [3.05, 3.63) is 60.2 Å². The van der Waals surface area contributed by atoms with Crippen molar-refractivity contribution >= 4 is 11.0 Å². The van der Waals surface area contributed by atoms with Crippen LogP contribution >= 0.6 is 0 Å². The first-order valence-electron chi connectivity index (χ1n) is 8.08. The van der Waals surface area contributed by atoms with E-state index >= 15 is 0 Å². The Hall–Kier alpha value is -2.24. The third kappa shape index (κ3) is 2.73. The molecule has 0 amide bonds. The average Bonchev–Trinajstić information content (AvgIpc) is 2.92. The lowest BCUT2D eigenvalue weighted by molar-refractivity contribution is 0.148. The van der Waals surface area contributed by atoms with E-state index < -0.39 is 0 Å². The first-order chi connectivity index (χ1) is 11.3. The largest absolute Gasteiger partial charge is 0.330 e. The maximum atomic E-state index is 4.82. The first kappa shape index (κ1) is 14.4. The quantitative estimate of drug-likeness (QED) is 0.805. The Morgan fingerprint density at radius 2 is 2.13 bits per heavy atom. The molecule has 4 rings (SSSR count). The van der Waals surface area contributed by atoms with Crippen LogP contribution in [0.2, 0.25) is 0 Å². The van der Waals surface area contributed by atoms with Crippen LogP contribution in [0.3, 0.4) is 0 Å². The smallest absolute Gasteiger partial charge is 0.123 e. The van der Waals surface area contributed by atoms with Gasteiger partial charge in [0.2, 0.25) is 0 Å². The van der Waals surface area contributed by atoms with E-state index in [0.717, 1.165) is 37.5 Å². The number of para-hydroxylation sites is 2. The van der Waals surface area contributed by atoms with E-state index in [1.165, 1.54) is 11.1 Å². The second-order valence-corrected chi connectivity index (χ2v) is 6.05. The maximum Gasteiger partial charge on any atom is 0.123 e. The van der Waals surface area contributed by atoms with Crippen LogP contribution in [0.25, 0.3) is 11.0 Å². The van der Waals surface area contributed by atoms with Gasteiger partial charge in [0.25, 0.3) is 0 Å². The lowest BCUT2D eigenvalue weighted by Crippen LogP contribution is -2.45. The molecular formula is C18H21N5. The number of fused-ring (bicyclic) bond motifs is 1. The molecule has 3 heterocycles. The molecule has 2 aromatic heterocycles. The van der Waals surface area contributed by atoms with Gasteiger partial charge in [-0.3, -0.25) is 9.88 Å². The van der Waals surface area contributed by atoms with Gasteiger partial charge in [0, 0.05) is 45.1 Å². The minimum atomic E-state index is 0.345. The molecule has 118 valence electrons. The fourth-order valence-corrected chi connectivity index (χ4v) is 3.36. The number of hydrogen-bond acceptors (Lipinski definition) is 4. The fourth-order valence-electron chi connectivity index (χ4n) is 3.36. The highest BCUT2D eigenvalue weighted by molar-refractivity contribution is 5.75. The van der Waals surface area contributed by atoms with Crippen molar-refractivity contribution in [1.82, 2.24) is 24.8 Å². The zero-order chi connectivity index (χ0) is 15.6. The SMILES string of the molecule is Cn1c(CN2CCNCC2c2cccnc2)nc2ccccc21. The molecule has 0 spiro atoms. The molecule has 3 aromatic rings. The molecule has 0 aliphatic carbocycles. The predicted molar refractivity (Wildman–Crippen MR) is 91.0 cm³/mol. The Morgan fingerprint density at radius 3 is 2.96 bits per heavy atom. The number of rotatable bonds is 3. The summed E-state index contributed by atoms with van der Waals surface area (Å²) in [7, 11) is 2.10. The van der Waals surface area contributed by atoms with Gasteiger partial charge in [0.1, 0.15) is 5.82 Å². The molecule has 23 heavy (non-hydrogen) atoms. The summed E-state index contributed by atoms with van der Waals surface area (Å²) < 4.78 is 2.21. The van der Waals surface area contributed by atoms with E-state index in [9.17, 15) is 0 Å². The van der Waals surface area contributed by atoms with Crippen LogP contribution in [0.4, 0.5) is 0 Å². The second kappa shape index (κ2) is 6.10. The number of piperazine rings is 1. The Bertz CT molecular complexity index is 796. The van der Waals surface area contributed by atoms with Crippen molar-refractivity contribution in [3.8, 4) is 0 Å². The Balaban J connectivity index is 1.64. The van der Waals surface area contributed by atoms with Gasteiger partial charge in [-0.25, -0.2) is 4.98 Å². The summed E-state index contributed by atoms with van der Waals surface area (Å²) >= 11 is 0. The van der Waals surface area contributed by atoms with Crippen molar-refractivity contribution in [1.29, 1.82) is 0 Å². The Labute approximate surface area is 136 Å². The minimum Gasteiger partial charge on any atom is -0.330 e. The zero-order valence-corrected chi connectivity index (χ0v) is 13.3. The number of pyridine rings is 1. The highest BCUT2D eigenvalue weighted by Gasteiger charge is 2.25. The average molecular weight is 307 g/mol. The highest BCUT2D eigenvalue weighted by Crippen LogP contribution is 2.24. The highest BCUT2D eigenvalue weighted by atomic mass is 15.2. The number of aryl methyl sites for hydroxylation is 1. The molecule has 1 N–H and O–H groups in total. The van der Waals surface area contributed by atoms with Gasteiger partial charge >= 0.3 is 0 Å². The summed E-state index contributed by atoms with van der Waals surface area (Å²) in [6.07, 6.45) is 3.80. The molecule has 1 aliphatic rings. The molecular weight excluding hydrogens is 286 g/mol. The van der Waals surface area contributed by atoms with Crippen LogP contribution < -0.4 is 5.32 Å². The minimum absolute atomic E-state index is 0.345. The van der Waals surface area contributed by atoms with Gasteiger partial charge in [-0.05, 0) is 23.8 Å². The number of hydrogen-bond donors (Lipinski definition) is 1. The summed E-state index contributed by atoms with van der Waals surface area (Å²) in [5, 5.41) is 3.49. The molecule has 1 unspecified atom stereocenters. The van der Waals surface area contributed by atoms with Crippen LogP contribution in [-0.4, -0.2) is 39.1 Å². The molecule has 0 saturated carbocycles. The molecule has 1 aliphatic heterocycles. The normalized spacial score (nSPS) is 19.3. The maximum absolute atomic E-state index is 4.82. The Morgan fingerprint density at radius 1 is 1.22 bits per heavy atom. The lowest BCUT2D eigenvalue weighted by Gasteiger charge is -2.36. The molecule has 1 aromatic carbocycles. The number of benzene rings is 1. The van der Waals surface area contributed by atoms with E-state index in [2.05, 4.69) is 51.1 Å². The molecule has 5 nitrogen and oxygen atoms in total. The zero-order valence-electron chi connectivity index (χ0n) is 13.3. The summed E-state index contributed by atoms with van der Waals surface area (Å²) in [6, 6.07) is 12.8. The summed E-state index contributed by atoms with van der Waals surface area (Å²) in [4.78, 5) is 11.6. The van der Waals surface area contributed by atoms with Crippen LogP contribution in [0.1, 0.15) is 17.4 Å². The van der Waals surface area contributed by atoms with E-state index in [1.54, 1.807) is 0 Å². The van der Waals surface area contributed by atoms with Crippen molar-refractivity contribution in [3.63, 3.8) is 0 Å². The second-order valence-electron chi connectivity index (χ2n) is 6.05. The van der Waals surface area contributed by atoms with E-state index in [1.807, 2.05) is 24.5 Å². The van der Waals surface area contributed by atoms with Crippen LogP contribution in [-0.2, 0) is 13.6 Å². The van der Waals surface area contributed by atoms with E-state index in [0.29, 0.717) is 6.04 Å². The van der Waals surface area contributed by atoms with Gasteiger partial charge < -0.3 is 9.88 Å². The van der Waals surface area contributed by atoms with Gasteiger partial charge in [-0.1, -0.05) is 18.2 Å². The molecule has 5 heteroatoms. The molecule has 0 radical (unpaired) electrons. The van der Waals surface area contributed by atoms with Crippen LogP contribution in [0, 0.1) is 0 Å². The number of aromatic nitrogens is 3. The number of nitrogens with zero attached hydrogens (tertiary/aromatic N) is 4. The van der Waals surface area contributed by atoms with Crippen molar-refractivity contribution < 1.29 is 0 Å². The number of imidazole rings is 1. The monoisotopic (exact) mass is 307 g/mol. The van der Waals surface area contributed by atoms with E-state index in [-0.39, 0.29) is 0 Å². The van der Waals surface area contributed by atoms with Gasteiger partial charge in [-0.15, -0.1) is 0 Å². The summed E-state index contributed by atoms with van der Waals surface area (Å²) in [5.74, 6) is 1.11. The molecule has 1 fully saturated rings. The third-order valence-corrected chi connectivity index (χ3v) is 4.65. The van der Waals surface area contributed by atoms with Crippen molar-refractivity contribution in [2.45, 2.75) is 12.6 Å². The van der Waals surface area contributed by atoms with Gasteiger partial charge in [0.15, 0.2) is 0 Å². The van der Waals surface area contributed by atoms with Gasteiger partial charge in [0.05, 0.1) is 17.6 Å². The van der Waals surface area contributed by atoms with E-state index in [4.69, 9.17) is 4.98 Å². The van der Waals surface area contributed by atoms with Crippen LogP contribution in [0.15, 0.2) is 48.8 Å². The predicted octanol–water partition coefficient (Wildman–Crippen LogP) is 2.11. The fraction of sp³-hybridized carbons (Fsp3) is 0.333. The Kier molecular flexibility index (Phi) is 3.81. The lowest BCUT2D eigenvalue weighted by atomic mass is 10.1. The standard InChI is InChI=1S/C18H21N5/c1-22-16-7-3-2-6-15(16)21-18(22)13-23-10-9-20-12-17(23)14-5-4-8-19-11-14/h2-8,11,17,20H,9-10,12-13H2,1H3. The number of nitrogens with one attached hydrogen (secondary N) is 1. The molecule has 0 bridgehead atoms. The molecule has 1 saturated heterocycles. The van der Waals surface area contributed by atoms with Crippen molar-refractivity contribution in [2.24, 2.45) is 7.05 Å². The molecule has 1 atom stereocenters. The van der Waals surface area contributed by atoms with Crippen LogP contribution in [0.5, 0.6) is 0 Å². The van der Waals surface area contributed by atoms with Crippen molar-refractivity contribution in [2.75, 3.05) is 19.6 Å². The van der Waals surface area contributed by atoms with Gasteiger partial charge in [-0.2, -0.15) is 0 Å². The first-order valence-corrected chi connectivity index (χ1v) is 8.08. The summed E-state index contributed by atoms with van der Waals surface area (Å²) in [6.45, 7) is 3.84. The summed E-state index contributed by atoms with van der Waals surface area (Å²) in [5.41, 5.74) is 3.52.